The zero-order valence-electron chi connectivity index (χ0n) is 12.1. The van der Waals surface area contributed by atoms with Gasteiger partial charge >= 0.3 is 0 Å². The van der Waals surface area contributed by atoms with Crippen LogP contribution in [0.25, 0.3) is 0 Å². The summed E-state index contributed by atoms with van der Waals surface area (Å²) in [5.74, 6) is -0.416. The van der Waals surface area contributed by atoms with Crippen LogP contribution >= 0.6 is 0 Å². The fourth-order valence-electron chi connectivity index (χ4n) is 1.71. The molecule has 0 aliphatic rings. The molecule has 21 heavy (non-hydrogen) atoms. The van der Waals surface area contributed by atoms with Gasteiger partial charge in [-0.05, 0) is 18.6 Å². The summed E-state index contributed by atoms with van der Waals surface area (Å²) >= 11 is 0. The highest BCUT2D eigenvalue weighted by molar-refractivity contribution is 7.89. The first-order valence-electron chi connectivity index (χ1n) is 6.49. The molecule has 118 valence electrons. The monoisotopic (exact) mass is 315 g/mol. The fraction of sp³-hybridized carbons (Fsp3) is 0.462. The van der Waals surface area contributed by atoms with Gasteiger partial charge in [0.2, 0.25) is 15.9 Å². The second kappa shape index (κ2) is 8.08. The first-order chi connectivity index (χ1) is 9.92. The predicted molar refractivity (Wildman–Crippen MR) is 79.0 cm³/mol. The van der Waals surface area contributed by atoms with Gasteiger partial charge in [0.15, 0.2) is 0 Å². The van der Waals surface area contributed by atoms with Crippen molar-refractivity contribution in [2.24, 2.45) is 5.73 Å². The summed E-state index contributed by atoms with van der Waals surface area (Å²) in [5, 5.41) is 2.57. The maximum atomic E-state index is 12.3. The molecule has 0 saturated heterocycles. The number of methoxy groups -OCH3 is 1. The van der Waals surface area contributed by atoms with Gasteiger partial charge < -0.3 is 15.8 Å². The summed E-state index contributed by atoms with van der Waals surface area (Å²) in [6, 6.07) is 5.52. The van der Waals surface area contributed by atoms with Crippen molar-refractivity contribution in [2.45, 2.75) is 24.4 Å². The summed E-state index contributed by atoms with van der Waals surface area (Å²) in [6.07, 6.45) is 0. The van der Waals surface area contributed by atoms with Gasteiger partial charge in [0.25, 0.3) is 0 Å². The van der Waals surface area contributed by atoms with Crippen molar-refractivity contribution < 1.29 is 17.9 Å². The Balaban J connectivity index is 2.78. The first-order valence-corrected chi connectivity index (χ1v) is 7.97. The summed E-state index contributed by atoms with van der Waals surface area (Å²) in [6.45, 7) is 2.26. The van der Waals surface area contributed by atoms with E-state index >= 15 is 0 Å². The lowest BCUT2D eigenvalue weighted by atomic mass is 10.2. The van der Waals surface area contributed by atoms with Gasteiger partial charge in [-0.3, -0.25) is 4.79 Å². The molecule has 8 heteroatoms. The Labute approximate surface area is 124 Å². The normalized spacial score (nSPS) is 12.9. The van der Waals surface area contributed by atoms with E-state index in [2.05, 4.69) is 10.0 Å². The van der Waals surface area contributed by atoms with Crippen molar-refractivity contribution in [2.75, 3.05) is 20.3 Å². The molecule has 1 rings (SSSR count). The Kier molecular flexibility index (Phi) is 6.76. The Morgan fingerprint density at radius 3 is 2.67 bits per heavy atom. The van der Waals surface area contributed by atoms with Crippen molar-refractivity contribution in [3.8, 4) is 0 Å². The minimum atomic E-state index is -3.80. The van der Waals surface area contributed by atoms with Crippen molar-refractivity contribution in [3.05, 3.63) is 29.8 Å². The van der Waals surface area contributed by atoms with E-state index in [1.54, 1.807) is 18.2 Å². The van der Waals surface area contributed by atoms with E-state index in [0.29, 0.717) is 18.7 Å². The molecule has 0 aliphatic carbocycles. The molecule has 0 fully saturated rings. The Bertz CT molecular complexity index is 575. The minimum Gasteiger partial charge on any atom is -0.383 e. The van der Waals surface area contributed by atoms with Crippen molar-refractivity contribution in [3.63, 3.8) is 0 Å². The van der Waals surface area contributed by atoms with Gasteiger partial charge in [-0.25, -0.2) is 8.42 Å². The van der Waals surface area contributed by atoms with Gasteiger partial charge in [-0.1, -0.05) is 18.2 Å². The van der Waals surface area contributed by atoms with E-state index in [1.807, 2.05) is 0 Å². The third-order valence-electron chi connectivity index (χ3n) is 2.81. The molecule has 0 aliphatic heterocycles. The highest BCUT2D eigenvalue weighted by Crippen LogP contribution is 2.15. The Morgan fingerprint density at radius 2 is 2.05 bits per heavy atom. The topological polar surface area (TPSA) is 111 Å². The molecule has 1 aromatic carbocycles. The van der Waals surface area contributed by atoms with Crippen LogP contribution in [0.1, 0.15) is 12.5 Å². The molecule has 0 spiro atoms. The smallest absolute Gasteiger partial charge is 0.241 e. The first kappa shape index (κ1) is 17.6. The quantitative estimate of drug-likeness (QED) is 0.564. The zero-order chi connectivity index (χ0) is 15.9. The molecular weight excluding hydrogens is 294 g/mol. The highest BCUT2D eigenvalue weighted by atomic mass is 32.2. The van der Waals surface area contributed by atoms with Crippen molar-refractivity contribution >= 4 is 15.9 Å². The van der Waals surface area contributed by atoms with Crippen LogP contribution in [-0.4, -0.2) is 40.6 Å². The van der Waals surface area contributed by atoms with Crippen LogP contribution in [0.3, 0.4) is 0 Å². The standard InChI is InChI=1S/C13H21N3O4S/c1-10(13(17)15-7-8-20-2)16-21(18,19)12-6-4-3-5-11(12)9-14/h3-6,10,16H,7-9,14H2,1-2H3,(H,15,17). The van der Waals surface area contributed by atoms with Crippen LogP contribution in [0, 0.1) is 0 Å². The average molecular weight is 315 g/mol. The van der Waals surface area contributed by atoms with Crippen LogP contribution in [-0.2, 0) is 26.1 Å². The third kappa shape index (κ3) is 5.09. The van der Waals surface area contributed by atoms with E-state index in [1.165, 1.54) is 20.1 Å². The third-order valence-corrected chi connectivity index (χ3v) is 4.45. The predicted octanol–water partition coefficient (Wildman–Crippen LogP) is -0.425. The lowest BCUT2D eigenvalue weighted by Gasteiger charge is -2.15. The number of carbonyl (C=O) groups excluding carboxylic acids is 1. The SMILES string of the molecule is COCCNC(=O)C(C)NS(=O)(=O)c1ccccc1CN. The second-order valence-electron chi connectivity index (χ2n) is 4.44. The summed E-state index contributed by atoms with van der Waals surface area (Å²) in [5.41, 5.74) is 6.03. The van der Waals surface area contributed by atoms with E-state index in [4.69, 9.17) is 10.5 Å². The molecule has 4 N–H and O–H groups in total. The number of benzene rings is 1. The van der Waals surface area contributed by atoms with Crippen LogP contribution in [0.15, 0.2) is 29.2 Å². The molecule has 0 bridgehead atoms. The van der Waals surface area contributed by atoms with E-state index in [9.17, 15) is 13.2 Å². The number of hydrogen-bond donors (Lipinski definition) is 3. The number of sulfonamides is 1. The minimum absolute atomic E-state index is 0.0871. The summed E-state index contributed by atoms with van der Waals surface area (Å²) in [4.78, 5) is 11.9. The highest BCUT2D eigenvalue weighted by Gasteiger charge is 2.23. The lowest BCUT2D eigenvalue weighted by molar-refractivity contribution is -0.122. The average Bonchev–Trinajstić information content (AvgIpc) is 2.46. The number of nitrogens with two attached hydrogens (primary N) is 1. The molecule has 0 aromatic heterocycles. The number of rotatable bonds is 8. The van der Waals surface area contributed by atoms with E-state index in [-0.39, 0.29) is 11.4 Å². The van der Waals surface area contributed by atoms with Gasteiger partial charge in [-0.2, -0.15) is 4.72 Å². The maximum absolute atomic E-state index is 12.3. The molecule has 7 nitrogen and oxygen atoms in total. The van der Waals surface area contributed by atoms with Crippen molar-refractivity contribution in [1.82, 2.24) is 10.0 Å². The number of nitrogens with one attached hydrogen (secondary N) is 2. The van der Waals surface area contributed by atoms with Crippen LogP contribution < -0.4 is 15.8 Å². The van der Waals surface area contributed by atoms with E-state index < -0.39 is 22.0 Å². The van der Waals surface area contributed by atoms with Crippen LogP contribution in [0.2, 0.25) is 0 Å². The van der Waals surface area contributed by atoms with Crippen LogP contribution in [0.4, 0.5) is 0 Å². The summed E-state index contributed by atoms with van der Waals surface area (Å²) < 4.78 is 31.7. The fourth-order valence-corrected chi connectivity index (χ4v) is 3.17. The van der Waals surface area contributed by atoms with Gasteiger partial charge in [0.05, 0.1) is 17.5 Å². The molecule has 0 radical (unpaired) electrons. The molecule has 1 unspecified atom stereocenters. The lowest BCUT2D eigenvalue weighted by Crippen LogP contribution is -2.45. The largest absolute Gasteiger partial charge is 0.383 e. The molecular formula is C13H21N3O4S. The van der Waals surface area contributed by atoms with Crippen molar-refractivity contribution in [1.29, 1.82) is 0 Å². The molecule has 0 saturated carbocycles. The molecule has 1 amide bonds. The maximum Gasteiger partial charge on any atom is 0.241 e. The number of amides is 1. The number of ether oxygens (including phenoxy) is 1. The van der Waals surface area contributed by atoms with Gasteiger partial charge in [-0.15, -0.1) is 0 Å². The van der Waals surface area contributed by atoms with E-state index in [0.717, 1.165) is 0 Å². The van der Waals surface area contributed by atoms with Gasteiger partial charge in [0.1, 0.15) is 0 Å². The molecule has 1 atom stereocenters. The molecule has 1 aromatic rings. The summed E-state index contributed by atoms with van der Waals surface area (Å²) in [7, 11) is -2.28. The second-order valence-corrected chi connectivity index (χ2v) is 6.12. The Morgan fingerprint density at radius 1 is 1.38 bits per heavy atom. The Hall–Kier alpha value is -1.48. The zero-order valence-corrected chi connectivity index (χ0v) is 12.9. The number of hydrogen-bond acceptors (Lipinski definition) is 5. The van der Waals surface area contributed by atoms with Crippen LogP contribution in [0.5, 0.6) is 0 Å². The van der Waals surface area contributed by atoms with Gasteiger partial charge in [0, 0.05) is 20.2 Å². The molecule has 0 heterocycles. The number of carbonyl (C=O) groups is 1.